The molecule has 1 heterocycles. The maximum Gasteiger partial charge on any atom is 0.231 e. The Morgan fingerprint density at radius 2 is 1.84 bits per heavy atom. The second-order valence-corrected chi connectivity index (χ2v) is 5.73. The van der Waals surface area contributed by atoms with Crippen molar-refractivity contribution in [3.05, 3.63) is 18.2 Å². The van der Waals surface area contributed by atoms with E-state index >= 15 is 0 Å². The molecule has 3 nitrogen and oxygen atoms in total. The van der Waals surface area contributed by atoms with Crippen LogP contribution < -0.4 is 14.2 Å². The number of hydrogen-bond acceptors (Lipinski definition) is 3. The van der Waals surface area contributed by atoms with E-state index in [4.69, 9.17) is 37.4 Å². The van der Waals surface area contributed by atoms with Crippen LogP contribution in [0.15, 0.2) is 18.2 Å². The minimum absolute atomic E-state index is 0.232. The van der Waals surface area contributed by atoms with Gasteiger partial charge in [-0.05, 0) is 25.0 Å². The van der Waals surface area contributed by atoms with Crippen LogP contribution in [0.25, 0.3) is 0 Å². The van der Waals surface area contributed by atoms with Crippen molar-refractivity contribution >= 4 is 23.2 Å². The topological polar surface area (TPSA) is 27.7 Å². The van der Waals surface area contributed by atoms with Crippen molar-refractivity contribution in [3.63, 3.8) is 0 Å². The van der Waals surface area contributed by atoms with E-state index in [-0.39, 0.29) is 4.84 Å². The predicted molar refractivity (Wildman–Crippen MR) is 76.6 cm³/mol. The highest BCUT2D eigenvalue weighted by Crippen LogP contribution is 2.35. The molecule has 0 bridgehead atoms. The van der Waals surface area contributed by atoms with Crippen molar-refractivity contribution in [1.82, 2.24) is 0 Å². The quantitative estimate of drug-likeness (QED) is 0.521. The molecule has 0 saturated carbocycles. The van der Waals surface area contributed by atoms with E-state index in [1.807, 2.05) is 18.2 Å². The Bertz CT molecular complexity index is 396. The first-order valence-electron chi connectivity index (χ1n) is 6.56. The Labute approximate surface area is 123 Å². The van der Waals surface area contributed by atoms with E-state index in [0.717, 1.165) is 49.4 Å². The van der Waals surface area contributed by atoms with Crippen LogP contribution in [0.5, 0.6) is 17.2 Å². The number of benzene rings is 1. The summed E-state index contributed by atoms with van der Waals surface area (Å²) in [6, 6.07) is 5.64. The zero-order chi connectivity index (χ0) is 13.5. The van der Waals surface area contributed by atoms with Crippen molar-refractivity contribution in [2.75, 3.05) is 13.4 Å². The summed E-state index contributed by atoms with van der Waals surface area (Å²) < 4.78 is 16.2. The van der Waals surface area contributed by atoms with Crippen LogP contribution in [0.4, 0.5) is 0 Å². The van der Waals surface area contributed by atoms with Gasteiger partial charge in [0.1, 0.15) is 10.6 Å². The molecule has 5 heteroatoms. The van der Waals surface area contributed by atoms with Gasteiger partial charge in [-0.3, -0.25) is 0 Å². The summed E-state index contributed by atoms with van der Waals surface area (Å²) in [6.07, 6.45) is 5.24. The molecule has 0 N–H and O–H groups in total. The normalized spacial score (nSPS) is 13.0. The van der Waals surface area contributed by atoms with Crippen LogP contribution in [0, 0.1) is 0 Å². The standard InChI is InChI=1S/C14H18Cl2O3/c15-14(16)5-3-1-2-4-8-17-11-6-7-12-13(9-11)19-10-18-12/h6-7,9,14H,1-5,8,10H2. The molecule has 0 aromatic heterocycles. The van der Waals surface area contributed by atoms with E-state index < -0.39 is 0 Å². The molecule has 0 fully saturated rings. The van der Waals surface area contributed by atoms with Crippen molar-refractivity contribution in [2.24, 2.45) is 0 Å². The van der Waals surface area contributed by atoms with Crippen LogP contribution in [0.1, 0.15) is 32.1 Å². The molecule has 0 saturated heterocycles. The molecular formula is C14H18Cl2O3. The van der Waals surface area contributed by atoms with Gasteiger partial charge in [-0.1, -0.05) is 19.3 Å². The van der Waals surface area contributed by atoms with Gasteiger partial charge in [0.25, 0.3) is 0 Å². The van der Waals surface area contributed by atoms with Gasteiger partial charge in [0.2, 0.25) is 6.79 Å². The van der Waals surface area contributed by atoms with E-state index in [1.54, 1.807) is 0 Å². The molecule has 0 unspecified atom stereocenters. The second-order valence-electron chi connectivity index (χ2n) is 4.46. The molecule has 2 rings (SSSR count). The summed E-state index contributed by atoms with van der Waals surface area (Å²) in [5, 5.41) is 0. The SMILES string of the molecule is ClC(Cl)CCCCCCOc1ccc2c(c1)OCO2. The van der Waals surface area contributed by atoms with E-state index in [9.17, 15) is 0 Å². The summed E-state index contributed by atoms with van der Waals surface area (Å²) in [5.41, 5.74) is 0. The molecule has 0 aliphatic carbocycles. The van der Waals surface area contributed by atoms with Crippen LogP contribution in [-0.2, 0) is 0 Å². The first-order chi connectivity index (χ1) is 9.25. The number of ether oxygens (including phenoxy) is 3. The minimum Gasteiger partial charge on any atom is -0.493 e. The lowest BCUT2D eigenvalue weighted by Gasteiger charge is -2.07. The number of rotatable bonds is 8. The molecule has 1 aliphatic heterocycles. The average Bonchev–Trinajstić information content (AvgIpc) is 2.84. The first kappa shape index (κ1) is 14.6. The molecule has 1 aliphatic rings. The van der Waals surface area contributed by atoms with Gasteiger partial charge in [-0.15, -0.1) is 23.2 Å². The largest absolute Gasteiger partial charge is 0.493 e. The fourth-order valence-corrected chi connectivity index (χ4v) is 2.22. The molecule has 0 spiro atoms. The predicted octanol–water partition coefficient (Wildman–Crippen LogP) is 4.55. The van der Waals surface area contributed by atoms with Crippen molar-refractivity contribution in [1.29, 1.82) is 0 Å². The van der Waals surface area contributed by atoms with Crippen molar-refractivity contribution < 1.29 is 14.2 Å². The molecule has 0 atom stereocenters. The highest BCUT2D eigenvalue weighted by molar-refractivity contribution is 6.44. The van der Waals surface area contributed by atoms with Crippen molar-refractivity contribution in [3.8, 4) is 17.2 Å². The number of fused-ring (bicyclic) bond motifs is 1. The average molecular weight is 305 g/mol. The third kappa shape index (κ3) is 5.00. The molecule has 0 radical (unpaired) electrons. The maximum absolute atomic E-state index is 5.67. The Balaban J connectivity index is 1.58. The maximum atomic E-state index is 5.67. The third-order valence-corrected chi connectivity index (χ3v) is 3.37. The Hall–Kier alpha value is -0.800. The fraction of sp³-hybridized carbons (Fsp3) is 0.571. The minimum atomic E-state index is -0.232. The molecule has 106 valence electrons. The zero-order valence-electron chi connectivity index (χ0n) is 10.7. The summed E-state index contributed by atoms with van der Waals surface area (Å²) in [7, 11) is 0. The smallest absolute Gasteiger partial charge is 0.231 e. The lowest BCUT2D eigenvalue weighted by Crippen LogP contribution is -1.97. The van der Waals surface area contributed by atoms with Gasteiger partial charge in [-0.25, -0.2) is 0 Å². The molecule has 1 aromatic rings. The molecule has 19 heavy (non-hydrogen) atoms. The van der Waals surface area contributed by atoms with Gasteiger partial charge < -0.3 is 14.2 Å². The van der Waals surface area contributed by atoms with Crippen LogP contribution in [0.3, 0.4) is 0 Å². The van der Waals surface area contributed by atoms with Crippen LogP contribution >= 0.6 is 23.2 Å². The van der Waals surface area contributed by atoms with Gasteiger partial charge in [0.15, 0.2) is 11.5 Å². The highest BCUT2D eigenvalue weighted by Gasteiger charge is 2.13. The van der Waals surface area contributed by atoms with E-state index in [2.05, 4.69) is 0 Å². The number of alkyl halides is 2. The Kier molecular flexibility index (Phi) is 5.93. The number of hydrogen-bond donors (Lipinski definition) is 0. The van der Waals surface area contributed by atoms with Gasteiger partial charge >= 0.3 is 0 Å². The van der Waals surface area contributed by atoms with Crippen LogP contribution in [-0.4, -0.2) is 18.2 Å². The Morgan fingerprint density at radius 3 is 2.68 bits per heavy atom. The Morgan fingerprint density at radius 1 is 1.05 bits per heavy atom. The summed E-state index contributed by atoms with van der Waals surface area (Å²) in [6.45, 7) is 1.01. The lowest BCUT2D eigenvalue weighted by molar-refractivity contribution is 0.173. The molecule has 1 aromatic carbocycles. The zero-order valence-corrected chi connectivity index (χ0v) is 12.3. The van der Waals surface area contributed by atoms with Gasteiger partial charge in [0, 0.05) is 6.07 Å². The molecular weight excluding hydrogens is 287 g/mol. The van der Waals surface area contributed by atoms with Crippen molar-refractivity contribution in [2.45, 2.75) is 36.9 Å². The fourth-order valence-electron chi connectivity index (χ4n) is 1.91. The summed E-state index contributed by atoms with van der Waals surface area (Å²) in [4.78, 5) is -0.232. The highest BCUT2D eigenvalue weighted by atomic mass is 35.5. The van der Waals surface area contributed by atoms with Gasteiger partial charge in [-0.2, -0.15) is 0 Å². The first-order valence-corrected chi connectivity index (χ1v) is 7.43. The molecule has 0 amide bonds. The summed E-state index contributed by atoms with van der Waals surface area (Å²) in [5.74, 6) is 2.36. The lowest BCUT2D eigenvalue weighted by atomic mass is 10.2. The number of unbranched alkanes of at least 4 members (excludes halogenated alkanes) is 3. The van der Waals surface area contributed by atoms with Gasteiger partial charge in [0.05, 0.1) is 6.61 Å². The van der Waals surface area contributed by atoms with Crippen LogP contribution in [0.2, 0.25) is 0 Å². The monoisotopic (exact) mass is 304 g/mol. The van der Waals surface area contributed by atoms with E-state index in [1.165, 1.54) is 0 Å². The summed E-state index contributed by atoms with van der Waals surface area (Å²) >= 11 is 11.3. The third-order valence-electron chi connectivity index (χ3n) is 2.93. The second kappa shape index (κ2) is 7.71. The number of halogens is 2. The van der Waals surface area contributed by atoms with E-state index in [0.29, 0.717) is 13.4 Å².